The number of fused-ring (bicyclic) bond motifs is 1. The first kappa shape index (κ1) is 23.4. The number of hydrogen-bond acceptors (Lipinski definition) is 6. The summed E-state index contributed by atoms with van der Waals surface area (Å²) in [4.78, 5) is 41.0. The highest BCUT2D eigenvalue weighted by atomic mass is 32.1. The van der Waals surface area contributed by atoms with Gasteiger partial charge in [-0.3, -0.25) is 14.5 Å². The van der Waals surface area contributed by atoms with Crippen molar-refractivity contribution in [2.75, 3.05) is 37.4 Å². The Hall–Kier alpha value is -2.71. The summed E-state index contributed by atoms with van der Waals surface area (Å²) in [5.74, 6) is 0.0278. The van der Waals surface area contributed by atoms with Gasteiger partial charge in [-0.25, -0.2) is 4.79 Å². The van der Waals surface area contributed by atoms with Crippen LogP contribution in [-0.2, 0) is 27.2 Å². The Morgan fingerprint density at radius 3 is 2.52 bits per heavy atom. The summed E-state index contributed by atoms with van der Waals surface area (Å²) in [7, 11) is 1.38. The number of amides is 2. The van der Waals surface area contributed by atoms with Gasteiger partial charge in [0.15, 0.2) is 0 Å². The second-order valence-electron chi connectivity index (χ2n) is 9.00. The predicted molar refractivity (Wildman–Crippen MR) is 130 cm³/mol. The average Bonchev–Trinajstić information content (AvgIpc) is 3.16. The number of hydrogen-bond donors (Lipinski definition) is 2. The highest BCUT2D eigenvalue weighted by molar-refractivity contribution is 7.17. The van der Waals surface area contributed by atoms with E-state index in [1.807, 2.05) is 30.3 Å². The molecule has 1 aliphatic carbocycles. The van der Waals surface area contributed by atoms with Crippen LogP contribution in [0.5, 0.6) is 0 Å². The van der Waals surface area contributed by atoms with Crippen LogP contribution in [0, 0.1) is 11.8 Å². The lowest BCUT2D eigenvalue weighted by molar-refractivity contribution is -0.121. The molecule has 2 aromatic rings. The standard InChI is InChI=1S/C25H31N3O4S/c1-16-8-9-19-20(14-16)33-24(22(19)25(31)32-2)27-21(29)15-28-12-10-17(11-13-28)23(30)26-18-6-4-3-5-7-18/h3-7,16-17H,8-15H2,1-2H3,(H,26,30)(H,27,29). The Morgan fingerprint density at radius 2 is 1.82 bits per heavy atom. The number of likely N-dealkylation sites (tertiary alicyclic amines) is 1. The van der Waals surface area contributed by atoms with Gasteiger partial charge in [0.05, 0.1) is 19.2 Å². The number of thiophene rings is 1. The van der Waals surface area contributed by atoms with E-state index >= 15 is 0 Å². The van der Waals surface area contributed by atoms with Gasteiger partial charge in [0, 0.05) is 16.5 Å². The number of benzene rings is 1. The first-order valence-electron chi connectivity index (χ1n) is 11.6. The quantitative estimate of drug-likeness (QED) is 0.626. The second kappa shape index (κ2) is 10.5. The molecule has 0 radical (unpaired) electrons. The lowest BCUT2D eigenvalue weighted by Crippen LogP contribution is -2.41. The zero-order valence-corrected chi connectivity index (χ0v) is 20.0. The number of ether oxygens (including phenoxy) is 1. The third kappa shape index (κ3) is 5.62. The first-order valence-corrected chi connectivity index (χ1v) is 12.4. The number of anilines is 2. The SMILES string of the molecule is COC(=O)c1c(NC(=O)CN2CCC(C(=O)Nc3ccccc3)CC2)sc2c1CCC(C)C2. The van der Waals surface area contributed by atoms with Crippen molar-refractivity contribution in [3.63, 3.8) is 0 Å². The van der Waals surface area contributed by atoms with Gasteiger partial charge in [-0.05, 0) is 68.8 Å². The van der Waals surface area contributed by atoms with Crippen LogP contribution in [0.1, 0.15) is 47.0 Å². The molecule has 0 bridgehead atoms. The molecule has 1 aromatic carbocycles. The molecule has 8 heteroatoms. The number of rotatable bonds is 6. The van der Waals surface area contributed by atoms with E-state index in [1.54, 1.807) is 0 Å². The zero-order chi connectivity index (χ0) is 23.4. The Bertz CT molecular complexity index is 1010. The lowest BCUT2D eigenvalue weighted by Gasteiger charge is -2.30. The maximum atomic E-state index is 12.8. The molecule has 33 heavy (non-hydrogen) atoms. The Balaban J connectivity index is 1.32. The van der Waals surface area contributed by atoms with Crippen LogP contribution in [0.4, 0.5) is 10.7 Å². The topological polar surface area (TPSA) is 87.7 Å². The fourth-order valence-corrected chi connectivity index (χ4v) is 6.06. The van der Waals surface area contributed by atoms with Gasteiger partial charge in [-0.1, -0.05) is 25.1 Å². The summed E-state index contributed by atoms with van der Waals surface area (Å²) >= 11 is 1.50. The molecule has 0 spiro atoms. The Morgan fingerprint density at radius 1 is 1.09 bits per heavy atom. The number of para-hydroxylation sites is 1. The molecular formula is C25H31N3O4S. The van der Waals surface area contributed by atoms with Crippen LogP contribution in [0.3, 0.4) is 0 Å². The summed E-state index contributed by atoms with van der Waals surface area (Å²) in [6, 6.07) is 9.46. The predicted octanol–water partition coefficient (Wildman–Crippen LogP) is 3.95. The molecule has 4 rings (SSSR count). The van der Waals surface area contributed by atoms with Crippen molar-refractivity contribution in [2.24, 2.45) is 11.8 Å². The third-order valence-electron chi connectivity index (χ3n) is 6.52. The number of carbonyl (C=O) groups excluding carboxylic acids is 3. The molecule has 1 atom stereocenters. The van der Waals surface area contributed by atoms with Crippen LogP contribution in [-0.4, -0.2) is 49.4 Å². The third-order valence-corrected chi connectivity index (χ3v) is 7.69. The lowest BCUT2D eigenvalue weighted by atomic mass is 9.88. The van der Waals surface area contributed by atoms with E-state index in [0.29, 0.717) is 42.4 Å². The van der Waals surface area contributed by atoms with Crippen molar-refractivity contribution in [3.05, 3.63) is 46.3 Å². The molecule has 2 aliphatic rings. The second-order valence-corrected chi connectivity index (χ2v) is 10.1. The van der Waals surface area contributed by atoms with E-state index in [4.69, 9.17) is 4.74 Å². The molecule has 2 heterocycles. The summed E-state index contributed by atoms with van der Waals surface area (Å²) < 4.78 is 5.00. The van der Waals surface area contributed by atoms with Crippen LogP contribution in [0.15, 0.2) is 30.3 Å². The molecule has 1 saturated heterocycles. The minimum absolute atomic E-state index is 0.0337. The Labute approximate surface area is 198 Å². The normalized spacial score (nSPS) is 18.9. The van der Waals surface area contributed by atoms with Crippen molar-refractivity contribution >= 4 is 39.8 Å². The maximum absolute atomic E-state index is 12.8. The maximum Gasteiger partial charge on any atom is 0.341 e. The summed E-state index contributed by atoms with van der Waals surface area (Å²) in [5, 5.41) is 6.54. The number of piperidine rings is 1. The van der Waals surface area contributed by atoms with Crippen molar-refractivity contribution < 1.29 is 19.1 Å². The Kier molecular flexibility index (Phi) is 7.45. The molecule has 1 fully saturated rings. The number of esters is 1. The molecule has 1 aliphatic heterocycles. The van der Waals surface area contributed by atoms with E-state index in [2.05, 4.69) is 22.5 Å². The molecule has 1 unspecified atom stereocenters. The first-order chi connectivity index (χ1) is 15.9. The van der Waals surface area contributed by atoms with Crippen LogP contribution >= 0.6 is 11.3 Å². The molecule has 176 valence electrons. The van der Waals surface area contributed by atoms with Crippen LogP contribution < -0.4 is 10.6 Å². The number of nitrogens with one attached hydrogen (secondary N) is 2. The zero-order valence-electron chi connectivity index (χ0n) is 19.2. The molecular weight excluding hydrogens is 438 g/mol. The van der Waals surface area contributed by atoms with E-state index in [9.17, 15) is 14.4 Å². The largest absolute Gasteiger partial charge is 0.465 e. The molecule has 7 nitrogen and oxygen atoms in total. The van der Waals surface area contributed by atoms with E-state index in [1.165, 1.54) is 23.3 Å². The number of methoxy groups -OCH3 is 1. The highest BCUT2D eigenvalue weighted by Gasteiger charge is 2.30. The fourth-order valence-electron chi connectivity index (χ4n) is 4.65. The average molecular weight is 470 g/mol. The van der Waals surface area contributed by atoms with Crippen LogP contribution in [0.25, 0.3) is 0 Å². The van der Waals surface area contributed by atoms with Gasteiger partial charge in [0.2, 0.25) is 11.8 Å². The highest BCUT2D eigenvalue weighted by Crippen LogP contribution is 2.40. The van der Waals surface area contributed by atoms with Gasteiger partial charge in [0.25, 0.3) is 0 Å². The summed E-state index contributed by atoms with van der Waals surface area (Å²) in [6.45, 7) is 3.82. The summed E-state index contributed by atoms with van der Waals surface area (Å²) in [6.07, 6.45) is 4.23. The number of nitrogens with zero attached hydrogens (tertiary/aromatic N) is 1. The van der Waals surface area contributed by atoms with Gasteiger partial charge < -0.3 is 15.4 Å². The molecule has 2 N–H and O–H groups in total. The van der Waals surface area contributed by atoms with Crippen molar-refractivity contribution in [1.82, 2.24) is 4.90 Å². The van der Waals surface area contributed by atoms with E-state index in [-0.39, 0.29) is 30.2 Å². The van der Waals surface area contributed by atoms with Crippen molar-refractivity contribution in [1.29, 1.82) is 0 Å². The van der Waals surface area contributed by atoms with Crippen molar-refractivity contribution in [2.45, 2.75) is 39.0 Å². The van der Waals surface area contributed by atoms with E-state index < -0.39 is 0 Å². The van der Waals surface area contributed by atoms with Gasteiger partial charge in [-0.15, -0.1) is 11.3 Å². The summed E-state index contributed by atoms with van der Waals surface area (Å²) in [5.41, 5.74) is 2.36. The minimum Gasteiger partial charge on any atom is -0.465 e. The van der Waals surface area contributed by atoms with Crippen LogP contribution in [0.2, 0.25) is 0 Å². The minimum atomic E-state index is -0.386. The van der Waals surface area contributed by atoms with Gasteiger partial charge >= 0.3 is 5.97 Å². The van der Waals surface area contributed by atoms with Gasteiger partial charge in [0.1, 0.15) is 5.00 Å². The van der Waals surface area contributed by atoms with E-state index in [0.717, 1.165) is 30.5 Å². The van der Waals surface area contributed by atoms with Crippen molar-refractivity contribution in [3.8, 4) is 0 Å². The van der Waals surface area contributed by atoms with Gasteiger partial charge in [-0.2, -0.15) is 0 Å². The molecule has 0 saturated carbocycles. The smallest absolute Gasteiger partial charge is 0.341 e. The molecule has 1 aromatic heterocycles. The monoisotopic (exact) mass is 469 g/mol. The molecule has 2 amide bonds. The fraction of sp³-hybridized carbons (Fsp3) is 0.480. The number of carbonyl (C=O) groups is 3.